The average Bonchev–Trinajstić information content (AvgIpc) is 3.25. The molecule has 1 aliphatic heterocycles. The Kier molecular flexibility index (Phi) is 3.93. The fourth-order valence-electron chi connectivity index (χ4n) is 2.45. The van der Waals surface area contributed by atoms with E-state index in [9.17, 15) is 4.79 Å². The van der Waals surface area contributed by atoms with Crippen molar-refractivity contribution in [2.45, 2.75) is 57.8 Å². The molecule has 0 aromatic heterocycles. The molecule has 1 saturated heterocycles. The molecule has 5 nitrogen and oxygen atoms in total. The highest BCUT2D eigenvalue weighted by Crippen LogP contribution is 2.37. The highest BCUT2D eigenvalue weighted by atomic mass is 16.7. The van der Waals surface area contributed by atoms with Gasteiger partial charge in [-0.05, 0) is 58.1 Å². The largest absolute Gasteiger partial charge is 0.494 e. The van der Waals surface area contributed by atoms with E-state index in [-0.39, 0.29) is 12.0 Å². The fraction of sp³-hybridized carbons (Fsp3) is 0.588. The predicted octanol–water partition coefficient (Wildman–Crippen LogP) is 1.89. The normalized spacial score (nSPS) is 22.0. The molecule has 3 rings (SSSR count). The molecule has 0 atom stereocenters. The molecular formula is C17H24BNO4. The molecule has 1 aromatic carbocycles. The van der Waals surface area contributed by atoms with E-state index in [1.54, 1.807) is 13.1 Å². The molecule has 0 unspecified atom stereocenters. The van der Waals surface area contributed by atoms with Gasteiger partial charge in [0.15, 0.2) is 0 Å². The second kappa shape index (κ2) is 5.53. The van der Waals surface area contributed by atoms with E-state index in [0.29, 0.717) is 11.3 Å². The Morgan fingerprint density at radius 1 is 1.22 bits per heavy atom. The number of ether oxygens (including phenoxy) is 1. The van der Waals surface area contributed by atoms with Crippen LogP contribution in [0.4, 0.5) is 0 Å². The van der Waals surface area contributed by atoms with Crippen molar-refractivity contribution in [3.8, 4) is 5.75 Å². The zero-order valence-corrected chi connectivity index (χ0v) is 14.4. The molecule has 6 heteroatoms. The van der Waals surface area contributed by atoms with Crippen LogP contribution < -0.4 is 15.5 Å². The van der Waals surface area contributed by atoms with E-state index in [2.05, 4.69) is 5.32 Å². The maximum atomic E-state index is 12.0. The van der Waals surface area contributed by atoms with Crippen molar-refractivity contribution >= 4 is 18.5 Å². The van der Waals surface area contributed by atoms with Crippen LogP contribution in [0.5, 0.6) is 5.75 Å². The summed E-state index contributed by atoms with van der Waals surface area (Å²) in [4.78, 5) is 12.0. The Morgan fingerprint density at radius 3 is 2.35 bits per heavy atom. The molecule has 1 heterocycles. The molecule has 0 radical (unpaired) electrons. The van der Waals surface area contributed by atoms with E-state index >= 15 is 0 Å². The molecular weight excluding hydrogens is 293 g/mol. The number of benzene rings is 1. The summed E-state index contributed by atoms with van der Waals surface area (Å²) in [5, 5.41) is 2.65. The van der Waals surface area contributed by atoms with E-state index in [1.807, 2.05) is 39.8 Å². The lowest BCUT2D eigenvalue weighted by Gasteiger charge is -2.32. The molecule has 124 valence electrons. The first kappa shape index (κ1) is 16.3. The monoisotopic (exact) mass is 317 g/mol. The molecule has 1 amide bonds. The SMILES string of the molecule is CNC(=O)c1ccc(B2OC(C)(C)C(C)(C)O2)cc1OC1CC1. The van der Waals surface area contributed by atoms with Crippen molar-refractivity contribution in [1.82, 2.24) is 5.32 Å². The topological polar surface area (TPSA) is 56.8 Å². The summed E-state index contributed by atoms with van der Waals surface area (Å²) in [5.74, 6) is 0.445. The summed E-state index contributed by atoms with van der Waals surface area (Å²) < 4.78 is 18.1. The summed E-state index contributed by atoms with van der Waals surface area (Å²) in [6.07, 6.45) is 2.29. The van der Waals surface area contributed by atoms with Gasteiger partial charge in [-0.15, -0.1) is 0 Å². The number of amides is 1. The van der Waals surface area contributed by atoms with Gasteiger partial charge < -0.3 is 19.4 Å². The minimum absolute atomic E-state index is 0.152. The van der Waals surface area contributed by atoms with Crippen LogP contribution in [0.3, 0.4) is 0 Å². The van der Waals surface area contributed by atoms with E-state index < -0.39 is 18.3 Å². The molecule has 1 N–H and O–H groups in total. The van der Waals surface area contributed by atoms with Gasteiger partial charge >= 0.3 is 7.12 Å². The standard InChI is InChI=1S/C17H24BNO4/c1-16(2)17(3,4)23-18(22-16)11-6-9-13(15(20)19-5)14(10-11)21-12-7-8-12/h6,9-10,12H,7-8H2,1-5H3,(H,19,20). The molecule has 23 heavy (non-hydrogen) atoms. The molecule has 1 aliphatic carbocycles. The van der Waals surface area contributed by atoms with Crippen LogP contribution in [0.15, 0.2) is 18.2 Å². The zero-order chi connectivity index (χ0) is 16.8. The summed E-state index contributed by atoms with van der Waals surface area (Å²) in [6, 6.07) is 5.51. The third-order valence-corrected chi connectivity index (χ3v) is 4.82. The first-order chi connectivity index (χ1) is 10.7. The first-order valence-corrected chi connectivity index (χ1v) is 8.12. The molecule has 0 bridgehead atoms. The quantitative estimate of drug-likeness (QED) is 0.862. The Morgan fingerprint density at radius 2 is 1.83 bits per heavy atom. The lowest BCUT2D eigenvalue weighted by Crippen LogP contribution is -2.41. The van der Waals surface area contributed by atoms with Crippen LogP contribution in [-0.2, 0) is 9.31 Å². The van der Waals surface area contributed by atoms with Gasteiger partial charge in [0.25, 0.3) is 5.91 Å². The first-order valence-electron chi connectivity index (χ1n) is 8.12. The summed E-state index contributed by atoms with van der Waals surface area (Å²) in [5.41, 5.74) is 0.621. The second-order valence-electron chi connectivity index (χ2n) is 7.24. The number of nitrogens with one attached hydrogen (secondary N) is 1. The van der Waals surface area contributed by atoms with Crippen LogP contribution in [0.2, 0.25) is 0 Å². The van der Waals surface area contributed by atoms with E-state index in [1.165, 1.54) is 0 Å². The molecule has 1 saturated carbocycles. The van der Waals surface area contributed by atoms with Gasteiger partial charge in [-0.1, -0.05) is 6.07 Å². The van der Waals surface area contributed by atoms with Gasteiger partial charge in [0, 0.05) is 7.05 Å². The van der Waals surface area contributed by atoms with Crippen molar-refractivity contribution in [1.29, 1.82) is 0 Å². The fourth-order valence-corrected chi connectivity index (χ4v) is 2.45. The van der Waals surface area contributed by atoms with Gasteiger partial charge in [0.2, 0.25) is 0 Å². The molecule has 1 aromatic rings. The highest BCUT2D eigenvalue weighted by molar-refractivity contribution is 6.62. The smallest absolute Gasteiger partial charge is 0.490 e. The number of hydrogen-bond acceptors (Lipinski definition) is 4. The Labute approximate surface area is 137 Å². The van der Waals surface area contributed by atoms with Gasteiger partial charge in [-0.25, -0.2) is 0 Å². The van der Waals surface area contributed by atoms with Crippen LogP contribution in [0, 0.1) is 0 Å². The van der Waals surface area contributed by atoms with Gasteiger partial charge in [-0.2, -0.15) is 0 Å². The highest BCUT2D eigenvalue weighted by Gasteiger charge is 2.51. The lowest BCUT2D eigenvalue weighted by atomic mass is 9.78. The van der Waals surface area contributed by atoms with E-state index in [4.69, 9.17) is 14.0 Å². The minimum atomic E-state index is -0.458. The van der Waals surface area contributed by atoms with Gasteiger partial charge in [-0.3, -0.25) is 4.79 Å². The second-order valence-corrected chi connectivity index (χ2v) is 7.24. The minimum Gasteiger partial charge on any atom is -0.490 e. The maximum absolute atomic E-state index is 12.0. The van der Waals surface area contributed by atoms with Gasteiger partial charge in [0.05, 0.1) is 22.9 Å². The van der Waals surface area contributed by atoms with Crippen LogP contribution >= 0.6 is 0 Å². The van der Waals surface area contributed by atoms with Crippen molar-refractivity contribution < 1.29 is 18.8 Å². The third-order valence-electron chi connectivity index (χ3n) is 4.82. The zero-order valence-electron chi connectivity index (χ0n) is 14.4. The number of carbonyl (C=O) groups excluding carboxylic acids is 1. The summed E-state index contributed by atoms with van der Waals surface area (Å²) >= 11 is 0. The van der Waals surface area contributed by atoms with Crippen LogP contribution in [0.1, 0.15) is 50.9 Å². The Balaban J connectivity index is 1.90. The summed E-state index contributed by atoms with van der Waals surface area (Å²) in [7, 11) is 1.16. The third kappa shape index (κ3) is 3.10. The van der Waals surface area contributed by atoms with Crippen molar-refractivity contribution in [3.63, 3.8) is 0 Å². The van der Waals surface area contributed by atoms with Crippen molar-refractivity contribution in [3.05, 3.63) is 23.8 Å². The van der Waals surface area contributed by atoms with Crippen molar-refractivity contribution in [2.24, 2.45) is 0 Å². The number of hydrogen-bond donors (Lipinski definition) is 1. The van der Waals surface area contributed by atoms with Crippen molar-refractivity contribution in [2.75, 3.05) is 7.05 Å². The van der Waals surface area contributed by atoms with Crippen LogP contribution in [-0.4, -0.2) is 37.4 Å². The number of rotatable bonds is 4. The Hall–Kier alpha value is -1.53. The maximum Gasteiger partial charge on any atom is 0.494 e. The van der Waals surface area contributed by atoms with E-state index in [0.717, 1.165) is 18.3 Å². The summed E-state index contributed by atoms with van der Waals surface area (Å²) in [6.45, 7) is 8.09. The number of carbonyl (C=O) groups is 1. The predicted molar refractivity (Wildman–Crippen MR) is 89.2 cm³/mol. The molecule has 2 aliphatic rings. The molecule has 0 spiro atoms. The average molecular weight is 317 g/mol. The lowest BCUT2D eigenvalue weighted by molar-refractivity contribution is 0.00578. The molecule has 2 fully saturated rings. The van der Waals surface area contributed by atoms with Crippen LogP contribution in [0.25, 0.3) is 0 Å². The van der Waals surface area contributed by atoms with Gasteiger partial charge in [0.1, 0.15) is 5.75 Å². The Bertz CT molecular complexity index is 609.